The van der Waals surface area contributed by atoms with Crippen LogP contribution in [0.15, 0.2) is 24.3 Å². The zero-order valence-electron chi connectivity index (χ0n) is 8.34. The number of halogens is 1. The molecule has 0 radical (unpaired) electrons. The van der Waals surface area contributed by atoms with Crippen LogP contribution in [0.5, 0.6) is 0 Å². The van der Waals surface area contributed by atoms with Crippen LogP contribution in [0.1, 0.15) is 38.2 Å². The zero-order valence-corrected chi connectivity index (χ0v) is 8.34. The second-order valence-corrected chi connectivity index (χ2v) is 4.28. The van der Waals surface area contributed by atoms with Crippen molar-refractivity contribution in [1.29, 1.82) is 0 Å². The van der Waals surface area contributed by atoms with Crippen molar-refractivity contribution in [2.24, 2.45) is 5.73 Å². The third-order valence-corrected chi connectivity index (χ3v) is 2.07. The van der Waals surface area contributed by atoms with E-state index in [9.17, 15) is 4.39 Å². The van der Waals surface area contributed by atoms with Crippen LogP contribution in [0, 0.1) is 0 Å². The summed E-state index contributed by atoms with van der Waals surface area (Å²) >= 11 is 0. The third kappa shape index (κ3) is 2.52. The van der Waals surface area contributed by atoms with Crippen LogP contribution in [-0.4, -0.2) is 0 Å². The molecule has 1 aromatic carbocycles. The van der Waals surface area contributed by atoms with E-state index < -0.39 is 6.30 Å². The molecule has 2 heteroatoms. The standard InChI is InChI=1S/C11H16FN/c1-11(2,3)9-6-4-5-8(7-9)10(12)13/h4-7,10H,13H2,1-3H3. The second kappa shape index (κ2) is 3.46. The fourth-order valence-electron chi connectivity index (χ4n) is 1.18. The minimum absolute atomic E-state index is 0.0465. The Morgan fingerprint density at radius 3 is 2.38 bits per heavy atom. The molecule has 13 heavy (non-hydrogen) atoms. The van der Waals surface area contributed by atoms with E-state index in [-0.39, 0.29) is 5.41 Å². The van der Waals surface area contributed by atoms with Gasteiger partial charge in [-0.3, -0.25) is 5.73 Å². The number of benzene rings is 1. The quantitative estimate of drug-likeness (QED) is 0.662. The molecule has 2 N–H and O–H groups in total. The maximum absolute atomic E-state index is 12.8. The van der Waals surface area contributed by atoms with E-state index in [4.69, 9.17) is 5.73 Å². The summed E-state index contributed by atoms with van der Waals surface area (Å²) in [6, 6.07) is 7.37. The molecular formula is C11H16FN. The molecule has 1 unspecified atom stereocenters. The Morgan fingerprint density at radius 2 is 1.92 bits per heavy atom. The molecule has 0 amide bonds. The highest BCUT2D eigenvalue weighted by atomic mass is 19.1. The van der Waals surface area contributed by atoms with Crippen LogP contribution in [0.25, 0.3) is 0 Å². The van der Waals surface area contributed by atoms with E-state index in [0.717, 1.165) is 5.56 Å². The molecule has 1 aromatic rings. The van der Waals surface area contributed by atoms with Crippen LogP contribution in [0.3, 0.4) is 0 Å². The normalized spacial score (nSPS) is 14.2. The molecule has 0 spiro atoms. The van der Waals surface area contributed by atoms with E-state index >= 15 is 0 Å². The van der Waals surface area contributed by atoms with Gasteiger partial charge in [-0.25, -0.2) is 4.39 Å². The Hall–Kier alpha value is -0.890. The van der Waals surface area contributed by atoms with Gasteiger partial charge in [0.25, 0.3) is 0 Å². The first-order valence-corrected chi connectivity index (χ1v) is 4.41. The van der Waals surface area contributed by atoms with Crippen molar-refractivity contribution >= 4 is 0 Å². The summed E-state index contributed by atoms with van der Waals surface area (Å²) in [5.41, 5.74) is 6.86. The number of rotatable bonds is 1. The number of nitrogens with two attached hydrogens (primary N) is 1. The van der Waals surface area contributed by atoms with Crippen molar-refractivity contribution in [3.63, 3.8) is 0 Å². The zero-order chi connectivity index (χ0) is 10.1. The number of alkyl halides is 1. The van der Waals surface area contributed by atoms with Gasteiger partial charge in [0.2, 0.25) is 0 Å². The summed E-state index contributed by atoms with van der Waals surface area (Å²) in [7, 11) is 0. The molecule has 0 aliphatic carbocycles. The summed E-state index contributed by atoms with van der Waals surface area (Å²) in [4.78, 5) is 0. The second-order valence-electron chi connectivity index (χ2n) is 4.28. The monoisotopic (exact) mass is 181 g/mol. The van der Waals surface area contributed by atoms with Crippen molar-refractivity contribution < 1.29 is 4.39 Å². The molecule has 0 heterocycles. The van der Waals surface area contributed by atoms with Crippen molar-refractivity contribution in [2.75, 3.05) is 0 Å². The van der Waals surface area contributed by atoms with Crippen molar-refractivity contribution in [3.05, 3.63) is 35.4 Å². The lowest BCUT2D eigenvalue weighted by molar-refractivity contribution is 0.355. The Balaban J connectivity index is 3.06. The van der Waals surface area contributed by atoms with Gasteiger partial charge in [-0.1, -0.05) is 45.0 Å². The minimum Gasteiger partial charge on any atom is -0.298 e. The van der Waals surface area contributed by atoms with Gasteiger partial charge < -0.3 is 0 Å². The summed E-state index contributed by atoms with van der Waals surface area (Å²) in [5, 5.41) is 0. The van der Waals surface area contributed by atoms with E-state index in [0.29, 0.717) is 5.56 Å². The highest BCUT2D eigenvalue weighted by Gasteiger charge is 2.14. The highest BCUT2D eigenvalue weighted by Crippen LogP contribution is 2.24. The van der Waals surface area contributed by atoms with E-state index in [1.807, 2.05) is 18.2 Å². The Bertz CT molecular complexity index is 286. The lowest BCUT2D eigenvalue weighted by Crippen LogP contribution is -2.12. The Morgan fingerprint density at radius 1 is 1.31 bits per heavy atom. The van der Waals surface area contributed by atoms with Gasteiger partial charge in [-0.2, -0.15) is 0 Å². The van der Waals surface area contributed by atoms with Crippen LogP contribution in [0.2, 0.25) is 0 Å². The van der Waals surface area contributed by atoms with Gasteiger partial charge in [-0.05, 0) is 11.0 Å². The van der Waals surface area contributed by atoms with Gasteiger partial charge in [0.15, 0.2) is 6.30 Å². The summed E-state index contributed by atoms with van der Waals surface area (Å²) in [6.45, 7) is 6.28. The fraction of sp³-hybridized carbons (Fsp3) is 0.455. The van der Waals surface area contributed by atoms with Crippen molar-refractivity contribution in [3.8, 4) is 0 Å². The molecule has 1 rings (SSSR count). The summed E-state index contributed by atoms with van der Waals surface area (Å²) in [5.74, 6) is 0. The summed E-state index contributed by atoms with van der Waals surface area (Å²) < 4.78 is 12.8. The van der Waals surface area contributed by atoms with Crippen LogP contribution in [-0.2, 0) is 5.41 Å². The maximum atomic E-state index is 12.8. The average Bonchev–Trinajstić information content (AvgIpc) is 2.03. The minimum atomic E-state index is -1.37. The summed E-state index contributed by atoms with van der Waals surface area (Å²) in [6.07, 6.45) is -1.37. The predicted octanol–water partition coefficient (Wildman–Crippen LogP) is 2.91. The molecule has 0 aliphatic rings. The molecule has 0 aromatic heterocycles. The van der Waals surface area contributed by atoms with Crippen molar-refractivity contribution in [2.45, 2.75) is 32.5 Å². The van der Waals surface area contributed by atoms with Crippen LogP contribution < -0.4 is 5.73 Å². The average molecular weight is 181 g/mol. The number of hydrogen-bond donors (Lipinski definition) is 1. The van der Waals surface area contributed by atoms with Crippen molar-refractivity contribution in [1.82, 2.24) is 0 Å². The Labute approximate surface area is 78.8 Å². The van der Waals surface area contributed by atoms with E-state index in [1.165, 1.54) is 0 Å². The van der Waals surface area contributed by atoms with Crippen LogP contribution in [0.4, 0.5) is 4.39 Å². The van der Waals surface area contributed by atoms with Gasteiger partial charge in [0.1, 0.15) is 0 Å². The lowest BCUT2D eigenvalue weighted by Gasteiger charge is -2.19. The molecule has 72 valence electrons. The number of hydrogen-bond acceptors (Lipinski definition) is 1. The molecule has 0 bridgehead atoms. The molecular weight excluding hydrogens is 165 g/mol. The molecule has 0 saturated carbocycles. The highest BCUT2D eigenvalue weighted by molar-refractivity contribution is 5.29. The largest absolute Gasteiger partial charge is 0.298 e. The maximum Gasteiger partial charge on any atom is 0.174 e. The fourth-order valence-corrected chi connectivity index (χ4v) is 1.18. The molecule has 1 atom stereocenters. The SMILES string of the molecule is CC(C)(C)c1cccc(C(N)F)c1. The smallest absolute Gasteiger partial charge is 0.174 e. The van der Waals surface area contributed by atoms with Gasteiger partial charge in [0.05, 0.1) is 0 Å². The molecule has 0 saturated heterocycles. The van der Waals surface area contributed by atoms with E-state index in [1.54, 1.807) is 6.07 Å². The van der Waals surface area contributed by atoms with E-state index in [2.05, 4.69) is 20.8 Å². The first kappa shape index (κ1) is 10.2. The van der Waals surface area contributed by atoms with Gasteiger partial charge in [-0.15, -0.1) is 0 Å². The first-order valence-electron chi connectivity index (χ1n) is 4.41. The molecule has 0 aliphatic heterocycles. The first-order chi connectivity index (χ1) is 5.91. The molecule has 1 nitrogen and oxygen atoms in total. The van der Waals surface area contributed by atoms with Crippen LogP contribution >= 0.6 is 0 Å². The van der Waals surface area contributed by atoms with Gasteiger partial charge in [0, 0.05) is 5.56 Å². The molecule has 0 fully saturated rings. The van der Waals surface area contributed by atoms with Gasteiger partial charge >= 0.3 is 0 Å². The Kier molecular flexibility index (Phi) is 2.71. The predicted molar refractivity (Wildman–Crippen MR) is 53.2 cm³/mol. The lowest BCUT2D eigenvalue weighted by atomic mass is 9.86. The topological polar surface area (TPSA) is 26.0 Å². The third-order valence-electron chi connectivity index (χ3n) is 2.07.